The third kappa shape index (κ3) is 1.55. The van der Waals surface area contributed by atoms with E-state index in [0.717, 1.165) is 11.3 Å². The molecule has 3 aromatic rings. The van der Waals surface area contributed by atoms with Crippen LogP contribution in [-0.4, -0.2) is 32.4 Å². The average Bonchev–Trinajstić information content (AvgIpc) is 3.06. The summed E-state index contributed by atoms with van der Waals surface area (Å²) in [7, 11) is 1.35. The number of aromatic amines is 1. The maximum absolute atomic E-state index is 11.7. The molecule has 1 N–H and O–H groups in total. The number of pyridine rings is 1. The number of nitrogens with zero attached hydrogens (tertiary/aromatic N) is 3. The monoisotopic (exact) mass is 242 g/mol. The van der Waals surface area contributed by atoms with Crippen molar-refractivity contribution in [2.24, 2.45) is 0 Å². The molecule has 0 unspecified atom stereocenters. The number of nitrogens with one attached hydrogen (secondary N) is 1. The van der Waals surface area contributed by atoms with E-state index >= 15 is 0 Å². The number of hydrogen-bond donors (Lipinski definition) is 1. The van der Waals surface area contributed by atoms with E-state index in [-0.39, 0.29) is 0 Å². The summed E-state index contributed by atoms with van der Waals surface area (Å²) in [5.41, 5.74) is 2.67. The quantitative estimate of drug-likeness (QED) is 0.691. The molecule has 90 valence electrons. The number of methoxy groups -OCH3 is 1. The maximum Gasteiger partial charge on any atom is 0.355 e. The lowest BCUT2D eigenvalue weighted by molar-refractivity contribution is 0.0592. The molecule has 0 atom stereocenters. The van der Waals surface area contributed by atoms with Gasteiger partial charge in [0.25, 0.3) is 0 Å². The summed E-state index contributed by atoms with van der Waals surface area (Å²) >= 11 is 0. The Labute approximate surface area is 102 Å². The van der Waals surface area contributed by atoms with Gasteiger partial charge in [0.15, 0.2) is 0 Å². The number of ether oxygens (including phenoxy) is 1. The molecule has 0 bridgehead atoms. The zero-order chi connectivity index (χ0) is 12.5. The molecule has 0 fully saturated rings. The molecule has 3 rings (SSSR count). The fourth-order valence-electron chi connectivity index (χ4n) is 1.85. The predicted octanol–water partition coefficient (Wildman–Crippen LogP) is 1.51. The van der Waals surface area contributed by atoms with E-state index in [1.54, 1.807) is 35.4 Å². The van der Waals surface area contributed by atoms with Gasteiger partial charge >= 0.3 is 5.97 Å². The van der Waals surface area contributed by atoms with E-state index in [1.807, 2.05) is 6.07 Å². The topological polar surface area (TPSA) is 72.3 Å². The van der Waals surface area contributed by atoms with Crippen LogP contribution in [0.15, 0.2) is 37.1 Å². The largest absolute Gasteiger partial charge is 0.464 e. The molecule has 0 spiro atoms. The third-order valence-corrected chi connectivity index (χ3v) is 2.69. The van der Waals surface area contributed by atoms with Crippen molar-refractivity contribution in [1.82, 2.24) is 19.4 Å². The smallest absolute Gasteiger partial charge is 0.355 e. The second kappa shape index (κ2) is 3.99. The number of fused-ring (bicyclic) bond motifs is 1. The van der Waals surface area contributed by atoms with Crippen molar-refractivity contribution in [3.8, 4) is 11.3 Å². The van der Waals surface area contributed by atoms with E-state index < -0.39 is 5.97 Å². The van der Waals surface area contributed by atoms with Gasteiger partial charge < -0.3 is 9.72 Å². The number of carbonyl (C=O) groups excluding carboxylic acids is 1. The highest BCUT2D eigenvalue weighted by atomic mass is 16.5. The molecular formula is C12H10N4O2. The molecule has 3 aromatic heterocycles. The van der Waals surface area contributed by atoms with Crippen LogP contribution < -0.4 is 0 Å². The number of rotatable bonds is 2. The molecule has 18 heavy (non-hydrogen) atoms. The second-order valence-corrected chi connectivity index (χ2v) is 3.73. The Morgan fingerprint density at radius 1 is 1.39 bits per heavy atom. The van der Waals surface area contributed by atoms with Crippen LogP contribution in [0.2, 0.25) is 0 Å². The van der Waals surface area contributed by atoms with E-state index in [0.29, 0.717) is 11.3 Å². The Morgan fingerprint density at radius 2 is 2.28 bits per heavy atom. The molecular weight excluding hydrogens is 232 g/mol. The van der Waals surface area contributed by atoms with Crippen LogP contribution in [0.1, 0.15) is 10.5 Å². The first kappa shape index (κ1) is 10.5. The van der Waals surface area contributed by atoms with Crippen LogP contribution in [-0.2, 0) is 4.74 Å². The van der Waals surface area contributed by atoms with Crippen molar-refractivity contribution >= 4 is 11.6 Å². The molecule has 0 aliphatic heterocycles. The zero-order valence-corrected chi connectivity index (χ0v) is 9.62. The van der Waals surface area contributed by atoms with E-state index in [4.69, 9.17) is 4.74 Å². The summed E-state index contributed by atoms with van der Waals surface area (Å²) in [6.45, 7) is 0. The zero-order valence-electron chi connectivity index (χ0n) is 9.62. The molecule has 6 nitrogen and oxygen atoms in total. The van der Waals surface area contributed by atoms with Gasteiger partial charge in [-0.05, 0) is 12.1 Å². The van der Waals surface area contributed by atoms with Gasteiger partial charge in [0.1, 0.15) is 11.3 Å². The van der Waals surface area contributed by atoms with Crippen LogP contribution in [0, 0.1) is 0 Å². The molecule has 0 aromatic carbocycles. The van der Waals surface area contributed by atoms with Crippen molar-refractivity contribution in [2.45, 2.75) is 0 Å². The first-order valence-corrected chi connectivity index (χ1v) is 5.34. The molecule has 0 aliphatic rings. The molecule has 0 saturated heterocycles. The molecule has 0 amide bonds. The summed E-state index contributed by atoms with van der Waals surface area (Å²) in [5.74, 6) is -0.407. The lowest BCUT2D eigenvalue weighted by Gasteiger charge is -2.05. The summed E-state index contributed by atoms with van der Waals surface area (Å²) in [6.07, 6.45) is 6.70. The summed E-state index contributed by atoms with van der Waals surface area (Å²) in [6, 6.07) is 3.60. The highest BCUT2D eigenvalue weighted by Gasteiger charge is 2.13. The Kier molecular flexibility index (Phi) is 2.33. The standard InChI is InChI=1S/C12H10N4O2/c1-18-12(17)10-4-8(9-6-13-7-15-9)5-11-14-2-3-16(10)11/h2-7H,1H3,(H,13,15). The van der Waals surface area contributed by atoms with Crippen molar-refractivity contribution in [3.63, 3.8) is 0 Å². The van der Waals surface area contributed by atoms with Crippen LogP contribution in [0.3, 0.4) is 0 Å². The Balaban J connectivity index is 2.26. The van der Waals surface area contributed by atoms with Crippen molar-refractivity contribution in [1.29, 1.82) is 0 Å². The first-order chi connectivity index (χ1) is 8.79. The summed E-state index contributed by atoms with van der Waals surface area (Å²) < 4.78 is 6.45. The Bertz CT molecular complexity index is 700. The van der Waals surface area contributed by atoms with Crippen molar-refractivity contribution < 1.29 is 9.53 Å². The van der Waals surface area contributed by atoms with Crippen molar-refractivity contribution in [2.75, 3.05) is 7.11 Å². The number of aromatic nitrogens is 4. The van der Waals surface area contributed by atoms with Gasteiger partial charge in [-0.2, -0.15) is 0 Å². The lowest BCUT2D eigenvalue weighted by Crippen LogP contribution is -2.08. The molecule has 0 saturated carbocycles. The number of H-pyrrole nitrogens is 1. The molecule has 6 heteroatoms. The van der Waals surface area contributed by atoms with Crippen LogP contribution in [0.25, 0.3) is 16.9 Å². The fourth-order valence-corrected chi connectivity index (χ4v) is 1.85. The first-order valence-electron chi connectivity index (χ1n) is 5.34. The number of carbonyl (C=O) groups is 1. The molecule has 3 heterocycles. The van der Waals surface area contributed by atoms with Gasteiger partial charge in [-0.15, -0.1) is 0 Å². The molecule has 0 radical (unpaired) electrons. The van der Waals surface area contributed by atoms with Gasteiger partial charge in [0.05, 0.1) is 19.1 Å². The van der Waals surface area contributed by atoms with Crippen LogP contribution >= 0.6 is 0 Å². The Morgan fingerprint density at radius 3 is 3.00 bits per heavy atom. The van der Waals surface area contributed by atoms with E-state index in [2.05, 4.69) is 15.0 Å². The minimum Gasteiger partial charge on any atom is -0.464 e. The fraction of sp³-hybridized carbons (Fsp3) is 0.0833. The summed E-state index contributed by atoms with van der Waals surface area (Å²) in [5, 5.41) is 0. The van der Waals surface area contributed by atoms with Gasteiger partial charge in [0.2, 0.25) is 0 Å². The number of imidazole rings is 2. The number of esters is 1. The Hall–Kier alpha value is -2.63. The number of hydrogen-bond acceptors (Lipinski definition) is 4. The van der Waals surface area contributed by atoms with Crippen LogP contribution in [0.4, 0.5) is 0 Å². The van der Waals surface area contributed by atoms with Gasteiger partial charge in [-0.1, -0.05) is 0 Å². The van der Waals surface area contributed by atoms with Gasteiger partial charge in [-0.3, -0.25) is 4.40 Å². The average molecular weight is 242 g/mol. The lowest BCUT2D eigenvalue weighted by atomic mass is 10.1. The highest BCUT2D eigenvalue weighted by Crippen LogP contribution is 2.20. The predicted molar refractivity (Wildman–Crippen MR) is 64.1 cm³/mol. The second-order valence-electron chi connectivity index (χ2n) is 3.73. The highest BCUT2D eigenvalue weighted by molar-refractivity contribution is 5.90. The third-order valence-electron chi connectivity index (χ3n) is 2.69. The minimum absolute atomic E-state index is 0.407. The van der Waals surface area contributed by atoms with Gasteiger partial charge in [-0.25, -0.2) is 14.8 Å². The SMILES string of the molecule is COC(=O)c1cc(-c2c[nH]cn2)cc2nccn12. The summed E-state index contributed by atoms with van der Waals surface area (Å²) in [4.78, 5) is 23.0. The van der Waals surface area contributed by atoms with Gasteiger partial charge in [0, 0.05) is 24.2 Å². The minimum atomic E-state index is -0.407. The molecule has 0 aliphatic carbocycles. The van der Waals surface area contributed by atoms with Crippen LogP contribution in [0.5, 0.6) is 0 Å². The van der Waals surface area contributed by atoms with E-state index in [1.165, 1.54) is 7.11 Å². The van der Waals surface area contributed by atoms with Crippen molar-refractivity contribution in [3.05, 3.63) is 42.7 Å². The maximum atomic E-state index is 11.7. The normalized spacial score (nSPS) is 10.7. The van der Waals surface area contributed by atoms with E-state index in [9.17, 15) is 4.79 Å².